The Hall–Kier alpha value is -1.34. The summed E-state index contributed by atoms with van der Waals surface area (Å²) in [7, 11) is 0. The molecular formula is C13H8BrF3O2S. The molecule has 2 aromatic rings. The Balaban J connectivity index is 2.27. The van der Waals surface area contributed by atoms with E-state index < -0.39 is 11.7 Å². The number of rotatable bonds is 4. The number of carbonyl (C=O) groups excluding carboxylic acids is 1. The van der Waals surface area contributed by atoms with E-state index in [-0.39, 0.29) is 17.9 Å². The van der Waals surface area contributed by atoms with Gasteiger partial charge in [-0.3, -0.25) is 4.79 Å². The van der Waals surface area contributed by atoms with E-state index in [1.54, 1.807) is 6.07 Å². The van der Waals surface area contributed by atoms with Gasteiger partial charge in [0, 0.05) is 10.0 Å². The minimum atomic E-state index is -4.57. The quantitative estimate of drug-likeness (QED) is 0.719. The highest BCUT2D eigenvalue weighted by Crippen LogP contribution is 2.37. The lowest BCUT2D eigenvalue weighted by Crippen LogP contribution is -2.09. The van der Waals surface area contributed by atoms with E-state index in [4.69, 9.17) is 4.74 Å². The van der Waals surface area contributed by atoms with Gasteiger partial charge in [-0.25, -0.2) is 0 Å². The van der Waals surface area contributed by atoms with E-state index in [2.05, 4.69) is 15.9 Å². The number of aldehydes is 1. The van der Waals surface area contributed by atoms with Crippen molar-refractivity contribution in [1.82, 2.24) is 0 Å². The van der Waals surface area contributed by atoms with E-state index >= 15 is 0 Å². The first-order chi connectivity index (χ1) is 9.41. The molecule has 0 radical (unpaired) electrons. The van der Waals surface area contributed by atoms with Crippen LogP contribution in [0.15, 0.2) is 34.1 Å². The van der Waals surface area contributed by atoms with Gasteiger partial charge < -0.3 is 4.74 Å². The summed E-state index contributed by atoms with van der Waals surface area (Å²) < 4.78 is 44.7. The second-order valence-electron chi connectivity index (χ2n) is 3.85. The zero-order valence-corrected chi connectivity index (χ0v) is 12.3. The number of ether oxygens (including phenoxy) is 1. The topological polar surface area (TPSA) is 26.3 Å². The molecule has 0 N–H and O–H groups in total. The van der Waals surface area contributed by atoms with Crippen molar-refractivity contribution in [3.05, 3.63) is 50.1 Å². The molecule has 0 bridgehead atoms. The first-order valence-electron chi connectivity index (χ1n) is 5.43. The third kappa shape index (κ3) is 3.40. The van der Waals surface area contributed by atoms with Crippen molar-refractivity contribution in [2.75, 3.05) is 0 Å². The lowest BCUT2D eigenvalue weighted by molar-refractivity contribution is -0.139. The number of hydrogen-bond acceptors (Lipinski definition) is 3. The van der Waals surface area contributed by atoms with Gasteiger partial charge in [0.05, 0.1) is 10.4 Å². The Bertz CT molecular complexity index is 622. The number of hydrogen-bond donors (Lipinski definition) is 0. The molecule has 2 nitrogen and oxygen atoms in total. The highest BCUT2D eigenvalue weighted by Gasteiger charge is 2.34. The van der Waals surface area contributed by atoms with Crippen LogP contribution in [0.5, 0.6) is 5.75 Å². The molecule has 0 aliphatic heterocycles. The Morgan fingerprint density at radius 1 is 1.30 bits per heavy atom. The molecule has 0 atom stereocenters. The van der Waals surface area contributed by atoms with Crippen molar-refractivity contribution in [3.63, 3.8) is 0 Å². The molecule has 0 spiro atoms. The van der Waals surface area contributed by atoms with Gasteiger partial charge >= 0.3 is 6.18 Å². The Morgan fingerprint density at radius 3 is 2.60 bits per heavy atom. The van der Waals surface area contributed by atoms with Crippen LogP contribution in [0.2, 0.25) is 0 Å². The highest BCUT2D eigenvalue weighted by atomic mass is 79.9. The van der Waals surface area contributed by atoms with Crippen molar-refractivity contribution in [2.45, 2.75) is 12.8 Å². The number of carbonyl (C=O) groups is 1. The molecular weight excluding hydrogens is 357 g/mol. The Morgan fingerprint density at radius 2 is 2.05 bits per heavy atom. The summed E-state index contributed by atoms with van der Waals surface area (Å²) in [6.45, 7) is 0.0295. The molecule has 2 rings (SSSR count). The monoisotopic (exact) mass is 364 g/mol. The van der Waals surface area contributed by atoms with Gasteiger partial charge in [0.1, 0.15) is 18.6 Å². The Kier molecular flexibility index (Phi) is 4.49. The van der Waals surface area contributed by atoms with Crippen LogP contribution in [-0.2, 0) is 12.8 Å². The second kappa shape index (κ2) is 5.97. The van der Waals surface area contributed by atoms with Gasteiger partial charge in [-0.2, -0.15) is 13.2 Å². The van der Waals surface area contributed by atoms with Gasteiger partial charge in [-0.1, -0.05) is 0 Å². The predicted octanol–water partition coefficient (Wildman–Crippen LogP) is 4.92. The molecule has 1 aromatic carbocycles. The second-order valence-corrected chi connectivity index (χ2v) is 5.71. The molecule has 0 aliphatic rings. The van der Waals surface area contributed by atoms with Crippen LogP contribution in [0.25, 0.3) is 0 Å². The van der Waals surface area contributed by atoms with E-state index in [9.17, 15) is 18.0 Å². The first kappa shape index (κ1) is 15.1. The van der Waals surface area contributed by atoms with E-state index in [0.29, 0.717) is 6.29 Å². The fraction of sp³-hybridized carbons (Fsp3) is 0.154. The first-order valence-corrected chi connectivity index (χ1v) is 7.10. The van der Waals surface area contributed by atoms with Crippen molar-refractivity contribution >= 4 is 33.6 Å². The number of alkyl halides is 3. The molecule has 1 heterocycles. The average Bonchev–Trinajstić information content (AvgIpc) is 2.80. The largest absolute Gasteiger partial charge is 0.487 e. The number of benzene rings is 1. The molecule has 1 aromatic heterocycles. The minimum absolute atomic E-state index is 0.0295. The molecule has 0 aliphatic carbocycles. The minimum Gasteiger partial charge on any atom is -0.487 e. The maximum absolute atomic E-state index is 12.9. The van der Waals surface area contributed by atoms with E-state index in [1.807, 2.05) is 5.38 Å². The summed E-state index contributed by atoms with van der Waals surface area (Å²) in [5.74, 6) is -0.289. The van der Waals surface area contributed by atoms with Crippen LogP contribution in [0.4, 0.5) is 13.2 Å². The van der Waals surface area contributed by atoms with Crippen molar-refractivity contribution in [2.24, 2.45) is 0 Å². The predicted molar refractivity (Wildman–Crippen MR) is 73.2 cm³/mol. The van der Waals surface area contributed by atoms with Crippen LogP contribution in [-0.4, -0.2) is 6.29 Å². The fourth-order valence-electron chi connectivity index (χ4n) is 1.54. The van der Waals surface area contributed by atoms with E-state index in [1.165, 1.54) is 17.4 Å². The maximum Gasteiger partial charge on any atom is 0.419 e. The smallest absolute Gasteiger partial charge is 0.419 e. The number of halogens is 4. The maximum atomic E-state index is 12.9. The third-order valence-corrected chi connectivity index (χ3v) is 4.39. The lowest BCUT2D eigenvalue weighted by Gasteiger charge is -2.14. The van der Waals surface area contributed by atoms with Gasteiger partial charge in [0.25, 0.3) is 0 Å². The van der Waals surface area contributed by atoms with Crippen LogP contribution < -0.4 is 4.74 Å². The van der Waals surface area contributed by atoms with Crippen molar-refractivity contribution < 1.29 is 22.7 Å². The van der Waals surface area contributed by atoms with Gasteiger partial charge in [0.2, 0.25) is 0 Å². The molecule has 20 heavy (non-hydrogen) atoms. The standard InChI is InChI=1S/C13H8BrF3O2S/c14-10-3-4-20-12(10)7-19-11-2-1-8(6-18)5-9(11)13(15,16)17/h1-6H,7H2. The van der Waals surface area contributed by atoms with Crippen molar-refractivity contribution in [3.8, 4) is 5.75 Å². The molecule has 0 saturated carbocycles. The lowest BCUT2D eigenvalue weighted by atomic mass is 10.1. The summed E-state index contributed by atoms with van der Waals surface area (Å²) in [5, 5.41) is 1.81. The van der Waals surface area contributed by atoms with E-state index in [0.717, 1.165) is 21.5 Å². The third-order valence-electron chi connectivity index (χ3n) is 2.49. The highest BCUT2D eigenvalue weighted by molar-refractivity contribution is 9.10. The van der Waals surface area contributed by atoms with Crippen molar-refractivity contribution in [1.29, 1.82) is 0 Å². The molecule has 106 valence electrons. The molecule has 0 unspecified atom stereocenters. The van der Waals surface area contributed by atoms with Crippen LogP contribution in [0.3, 0.4) is 0 Å². The molecule has 7 heteroatoms. The van der Waals surface area contributed by atoms with Crippen LogP contribution >= 0.6 is 27.3 Å². The summed E-state index contributed by atoms with van der Waals surface area (Å²) in [5.41, 5.74) is -0.989. The Labute approximate surface area is 125 Å². The van der Waals surface area contributed by atoms with Gasteiger partial charge in [-0.05, 0) is 45.6 Å². The molecule has 0 saturated heterocycles. The normalized spacial score (nSPS) is 11.4. The van der Waals surface area contributed by atoms with Gasteiger partial charge in [-0.15, -0.1) is 11.3 Å². The summed E-state index contributed by atoms with van der Waals surface area (Å²) in [6, 6.07) is 5.03. The summed E-state index contributed by atoms with van der Waals surface area (Å²) in [6.07, 6.45) is -4.20. The fourth-order valence-corrected chi connectivity index (χ4v) is 2.92. The zero-order chi connectivity index (χ0) is 14.8. The van der Waals surface area contributed by atoms with Gasteiger partial charge in [0.15, 0.2) is 0 Å². The summed E-state index contributed by atoms with van der Waals surface area (Å²) in [4.78, 5) is 11.4. The average molecular weight is 365 g/mol. The van der Waals surface area contributed by atoms with Crippen LogP contribution in [0, 0.1) is 0 Å². The zero-order valence-electron chi connectivity index (χ0n) is 9.91. The molecule has 0 amide bonds. The van der Waals surface area contributed by atoms with Crippen LogP contribution in [0.1, 0.15) is 20.8 Å². The summed E-state index contributed by atoms with van der Waals surface area (Å²) >= 11 is 4.66. The number of thiophene rings is 1. The molecule has 0 fully saturated rings. The SMILES string of the molecule is O=Cc1ccc(OCc2sccc2Br)c(C(F)(F)F)c1.